The van der Waals surface area contributed by atoms with Gasteiger partial charge in [0.15, 0.2) is 28.0 Å². The zero-order valence-electron chi connectivity index (χ0n) is 18.3. The van der Waals surface area contributed by atoms with E-state index in [0.717, 1.165) is 37.5 Å². The number of hydrogen-bond donors (Lipinski definition) is 0. The highest BCUT2D eigenvalue weighted by molar-refractivity contribution is 7.21. The van der Waals surface area contributed by atoms with Crippen LogP contribution >= 0.6 is 11.3 Å². The van der Waals surface area contributed by atoms with Gasteiger partial charge in [0.25, 0.3) is 0 Å². The van der Waals surface area contributed by atoms with Gasteiger partial charge in [-0.3, -0.25) is 14.2 Å². The number of ketones is 2. The summed E-state index contributed by atoms with van der Waals surface area (Å²) in [5.74, 6) is 0.211. The Bertz CT molecular complexity index is 1770. The maximum atomic E-state index is 13.3. The number of furan rings is 1. The number of rotatable bonds is 3. The molecule has 0 fully saturated rings. The first-order chi connectivity index (χ1) is 17.2. The van der Waals surface area contributed by atoms with Crippen molar-refractivity contribution in [2.75, 3.05) is 0 Å². The molecule has 0 radical (unpaired) electrons. The molecule has 5 nitrogen and oxygen atoms in total. The molecule has 7 rings (SSSR count). The second-order valence-electron chi connectivity index (χ2n) is 8.39. The first kappa shape index (κ1) is 19.9. The first-order valence-corrected chi connectivity index (χ1v) is 11.9. The van der Waals surface area contributed by atoms with E-state index in [4.69, 9.17) is 9.40 Å². The molecular weight excluding hydrogens is 456 g/mol. The average molecular weight is 473 g/mol. The van der Waals surface area contributed by atoms with E-state index in [2.05, 4.69) is 0 Å². The molecule has 0 atom stereocenters. The molecule has 6 heteroatoms. The van der Waals surface area contributed by atoms with Crippen LogP contribution in [0.5, 0.6) is 0 Å². The zero-order chi connectivity index (χ0) is 23.5. The lowest BCUT2D eigenvalue weighted by atomic mass is 10.0. The normalized spacial score (nSPS) is 13.2. The fraction of sp³-hybridized carbons (Fsp3) is 0. The van der Waals surface area contributed by atoms with Gasteiger partial charge >= 0.3 is 0 Å². The lowest BCUT2D eigenvalue weighted by Crippen LogP contribution is -2.03. The summed E-state index contributed by atoms with van der Waals surface area (Å²) in [5, 5.41) is 2.66. The predicted octanol–water partition coefficient (Wildman–Crippen LogP) is 6.96. The van der Waals surface area contributed by atoms with E-state index in [1.807, 2.05) is 89.5 Å². The smallest absolute Gasteiger partial charge is 0.197 e. The quantitative estimate of drug-likeness (QED) is 0.206. The third-order valence-corrected chi connectivity index (χ3v) is 7.29. The number of nitrogens with zero attached hydrogens (tertiary/aromatic N) is 2. The molecule has 3 heterocycles. The van der Waals surface area contributed by atoms with Crippen LogP contribution in [0, 0.1) is 0 Å². The van der Waals surface area contributed by atoms with Gasteiger partial charge in [0, 0.05) is 16.8 Å². The van der Waals surface area contributed by atoms with Crippen molar-refractivity contribution in [3.05, 3.63) is 114 Å². The Morgan fingerprint density at radius 1 is 0.800 bits per heavy atom. The maximum absolute atomic E-state index is 13.3. The molecule has 0 saturated carbocycles. The molecular formula is C29H16N2O3S. The summed E-state index contributed by atoms with van der Waals surface area (Å²) in [7, 11) is 0. The minimum atomic E-state index is -0.246. The molecule has 6 aromatic rings. The van der Waals surface area contributed by atoms with Gasteiger partial charge in [0.1, 0.15) is 0 Å². The second-order valence-corrected chi connectivity index (χ2v) is 9.42. The Hall–Kier alpha value is -4.55. The van der Waals surface area contributed by atoms with E-state index in [9.17, 15) is 9.59 Å². The van der Waals surface area contributed by atoms with Gasteiger partial charge in [-0.15, -0.1) is 11.3 Å². The molecule has 35 heavy (non-hydrogen) atoms. The Morgan fingerprint density at radius 3 is 2.14 bits per heavy atom. The van der Waals surface area contributed by atoms with E-state index < -0.39 is 0 Å². The Balaban J connectivity index is 1.41. The standard InChI is InChI=1S/C29H16N2O3S/c32-26-21-13-17-7-4-5-8-18(17)14-22(21)27(33)23(26)15-20-16-25-28(31(20)19-9-2-1-3-10-19)30-29(35-25)24-11-6-12-34-24/h1-16H. The van der Waals surface area contributed by atoms with Crippen molar-refractivity contribution < 1.29 is 14.0 Å². The van der Waals surface area contributed by atoms with Crippen molar-refractivity contribution in [2.24, 2.45) is 0 Å². The summed E-state index contributed by atoms with van der Waals surface area (Å²) in [6, 6.07) is 26.9. The lowest BCUT2D eigenvalue weighted by molar-refractivity contribution is 0.0990. The van der Waals surface area contributed by atoms with Crippen molar-refractivity contribution in [2.45, 2.75) is 0 Å². The van der Waals surface area contributed by atoms with Gasteiger partial charge in [-0.1, -0.05) is 42.5 Å². The average Bonchev–Trinajstić information content (AvgIpc) is 3.65. The van der Waals surface area contributed by atoms with Gasteiger partial charge in [-0.05, 0) is 59.3 Å². The molecule has 0 saturated heterocycles. The Morgan fingerprint density at radius 2 is 1.49 bits per heavy atom. The number of thiazole rings is 1. The monoisotopic (exact) mass is 472 g/mol. The molecule has 0 amide bonds. The van der Waals surface area contributed by atoms with Crippen molar-refractivity contribution in [3.8, 4) is 16.5 Å². The van der Waals surface area contributed by atoms with E-state index in [1.54, 1.807) is 12.3 Å². The van der Waals surface area contributed by atoms with Crippen LogP contribution in [-0.4, -0.2) is 21.1 Å². The van der Waals surface area contributed by atoms with Crippen molar-refractivity contribution in [3.63, 3.8) is 0 Å². The number of carbonyl (C=O) groups is 2. The highest BCUT2D eigenvalue weighted by Gasteiger charge is 2.34. The molecule has 0 N–H and O–H groups in total. The van der Waals surface area contributed by atoms with Crippen LogP contribution in [0.2, 0.25) is 0 Å². The van der Waals surface area contributed by atoms with Gasteiger partial charge < -0.3 is 4.42 Å². The summed E-state index contributed by atoms with van der Waals surface area (Å²) in [5.41, 5.74) is 3.46. The third kappa shape index (κ3) is 3.04. The zero-order valence-corrected chi connectivity index (χ0v) is 19.1. The van der Waals surface area contributed by atoms with Crippen LogP contribution < -0.4 is 0 Å². The summed E-state index contributed by atoms with van der Waals surface area (Å²) in [4.78, 5) is 31.5. The predicted molar refractivity (Wildman–Crippen MR) is 137 cm³/mol. The minimum absolute atomic E-state index is 0.170. The van der Waals surface area contributed by atoms with Crippen molar-refractivity contribution in [1.29, 1.82) is 0 Å². The molecule has 0 unspecified atom stereocenters. The van der Waals surface area contributed by atoms with Crippen LogP contribution in [0.3, 0.4) is 0 Å². The van der Waals surface area contributed by atoms with E-state index in [-0.39, 0.29) is 17.1 Å². The number of aromatic nitrogens is 2. The molecule has 1 aliphatic rings. The fourth-order valence-electron chi connectivity index (χ4n) is 4.65. The number of para-hydroxylation sites is 1. The Kier molecular flexibility index (Phi) is 4.25. The largest absolute Gasteiger partial charge is 0.462 e. The second kappa shape index (κ2) is 7.48. The third-order valence-electron chi connectivity index (χ3n) is 6.29. The van der Waals surface area contributed by atoms with Crippen LogP contribution in [-0.2, 0) is 0 Å². The number of allylic oxidation sites excluding steroid dienone is 1. The fourth-order valence-corrected chi connectivity index (χ4v) is 5.61. The van der Waals surface area contributed by atoms with Crippen LogP contribution in [0.25, 0.3) is 43.7 Å². The van der Waals surface area contributed by atoms with Gasteiger partial charge in [0.2, 0.25) is 0 Å². The highest BCUT2D eigenvalue weighted by Crippen LogP contribution is 2.37. The van der Waals surface area contributed by atoms with Crippen LogP contribution in [0.1, 0.15) is 26.4 Å². The first-order valence-electron chi connectivity index (χ1n) is 11.1. The Labute approximate surface area is 203 Å². The van der Waals surface area contributed by atoms with Crippen LogP contribution in [0.15, 0.2) is 101 Å². The van der Waals surface area contributed by atoms with Crippen molar-refractivity contribution >= 4 is 50.1 Å². The van der Waals surface area contributed by atoms with E-state index >= 15 is 0 Å². The van der Waals surface area contributed by atoms with E-state index in [1.165, 1.54) is 11.3 Å². The maximum Gasteiger partial charge on any atom is 0.197 e. The van der Waals surface area contributed by atoms with Gasteiger partial charge in [-0.25, -0.2) is 4.98 Å². The van der Waals surface area contributed by atoms with Crippen molar-refractivity contribution in [1.82, 2.24) is 9.55 Å². The lowest BCUT2D eigenvalue weighted by Gasteiger charge is -2.07. The number of fused-ring (bicyclic) bond motifs is 3. The molecule has 166 valence electrons. The SMILES string of the molecule is O=C1C(=Cc2cc3sc(-c4ccco4)nc3n2-c2ccccc2)C(=O)c2cc3ccccc3cc21. The number of carbonyl (C=O) groups excluding carboxylic acids is 2. The molecule has 3 aromatic carbocycles. The number of Topliss-reactive ketones (excluding diaryl/α,β-unsaturated/α-hetero) is 2. The minimum Gasteiger partial charge on any atom is -0.462 e. The van der Waals surface area contributed by atoms with Gasteiger partial charge in [-0.2, -0.15) is 0 Å². The molecule has 3 aromatic heterocycles. The number of hydrogen-bond acceptors (Lipinski definition) is 5. The summed E-state index contributed by atoms with van der Waals surface area (Å²) in [6.45, 7) is 0. The molecule has 0 bridgehead atoms. The van der Waals surface area contributed by atoms with Gasteiger partial charge in [0.05, 0.1) is 22.2 Å². The van der Waals surface area contributed by atoms with Crippen LogP contribution in [0.4, 0.5) is 0 Å². The summed E-state index contributed by atoms with van der Waals surface area (Å²) in [6.07, 6.45) is 3.32. The summed E-state index contributed by atoms with van der Waals surface area (Å²) >= 11 is 1.51. The summed E-state index contributed by atoms with van der Waals surface area (Å²) < 4.78 is 8.45. The molecule has 0 aliphatic heterocycles. The topological polar surface area (TPSA) is 65.1 Å². The molecule has 0 spiro atoms. The van der Waals surface area contributed by atoms with E-state index in [0.29, 0.717) is 16.9 Å². The highest BCUT2D eigenvalue weighted by atomic mass is 32.1. The number of benzene rings is 3. The molecule has 1 aliphatic carbocycles.